The quantitative estimate of drug-likeness (QED) is 0.444. The standard InChI is InChI=1S/C19H15ClN2O4S/c20-18-11-4-5-12-19(18)27(25,26)21(14-15-7-2-1-3-8-15)16-9-6-10-17(13-16)22(23)24/h1-13H,14H2. The fraction of sp³-hybridized carbons (Fsp3) is 0.0526. The summed E-state index contributed by atoms with van der Waals surface area (Å²) in [6.07, 6.45) is 0. The van der Waals surface area contributed by atoms with Gasteiger partial charge in [-0.3, -0.25) is 14.4 Å². The van der Waals surface area contributed by atoms with Crippen LogP contribution in [0.4, 0.5) is 11.4 Å². The van der Waals surface area contributed by atoms with Gasteiger partial charge in [-0.2, -0.15) is 0 Å². The van der Waals surface area contributed by atoms with Gasteiger partial charge < -0.3 is 0 Å². The minimum Gasteiger partial charge on any atom is -0.262 e. The van der Waals surface area contributed by atoms with Crippen LogP contribution >= 0.6 is 11.6 Å². The molecule has 0 saturated carbocycles. The highest BCUT2D eigenvalue weighted by Crippen LogP contribution is 2.31. The minimum atomic E-state index is -4.05. The average Bonchev–Trinajstić information content (AvgIpc) is 2.67. The molecule has 8 heteroatoms. The Morgan fingerprint density at radius 2 is 1.59 bits per heavy atom. The lowest BCUT2D eigenvalue weighted by molar-refractivity contribution is -0.384. The highest BCUT2D eigenvalue weighted by atomic mass is 35.5. The van der Waals surface area contributed by atoms with Gasteiger partial charge in [0.15, 0.2) is 0 Å². The largest absolute Gasteiger partial charge is 0.271 e. The summed E-state index contributed by atoms with van der Waals surface area (Å²) in [7, 11) is -4.05. The lowest BCUT2D eigenvalue weighted by Gasteiger charge is -2.25. The van der Waals surface area contributed by atoms with E-state index in [1.807, 2.05) is 6.07 Å². The summed E-state index contributed by atoms with van der Waals surface area (Å²) in [5.41, 5.74) is 0.729. The van der Waals surface area contributed by atoms with Crippen LogP contribution in [0.25, 0.3) is 0 Å². The van der Waals surface area contributed by atoms with Crippen LogP contribution in [0.5, 0.6) is 0 Å². The van der Waals surface area contributed by atoms with Crippen molar-refractivity contribution < 1.29 is 13.3 Å². The van der Waals surface area contributed by atoms with Gasteiger partial charge in [-0.1, -0.05) is 60.1 Å². The summed E-state index contributed by atoms with van der Waals surface area (Å²) in [6.45, 7) is 0.00949. The monoisotopic (exact) mass is 402 g/mol. The molecule has 0 bridgehead atoms. The van der Waals surface area contributed by atoms with E-state index in [-0.39, 0.29) is 27.8 Å². The van der Waals surface area contributed by atoms with E-state index < -0.39 is 14.9 Å². The van der Waals surface area contributed by atoms with Crippen molar-refractivity contribution in [2.45, 2.75) is 11.4 Å². The Bertz CT molecular complexity index is 1070. The van der Waals surface area contributed by atoms with Crippen molar-refractivity contribution >= 4 is 33.0 Å². The predicted octanol–water partition coefficient (Wildman–Crippen LogP) is 4.64. The summed E-state index contributed by atoms with van der Waals surface area (Å²) in [5.74, 6) is 0. The third-order valence-corrected chi connectivity index (χ3v) is 6.18. The van der Waals surface area contributed by atoms with Gasteiger partial charge in [0.05, 0.1) is 22.2 Å². The maximum absolute atomic E-state index is 13.3. The van der Waals surface area contributed by atoms with Gasteiger partial charge in [-0.05, 0) is 23.8 Å². The van der Waals surface area contributed by atoms with Crippen LogP contribution in [0.3, 0.4) is 0 Å². The second kappa shape index (κ2) is 7.77. The molecule has 0 atom stereocenters. The maximum Gasteiger partial charge on any atom is 0.271 e. The molecular formula is C19H15ClN2O4S. The fourth-order valence-corrected chi connectivity index (χ4v) is 4.54. The number of halogens is 1. The third kappa shape index (κ3) is 4.10. The van der Waals surface area contributed by atoms with Crippen molar-refractivity contribution in [3.05, 3.63) is 99.6 Å². The molecule has 6 nitrogen and oxygen atoms in total. The lowest BCUT2D eigenvalue weighted by atomic mass is 10.2. The average molecular weight is 403 g/mol. The Balaban J connectivity index is 2.14. The Morgan fingerprint density at radius 3 is 2.26 bits per heavy atom. The van der Waals surface area contributed by atoms with E-state index in [1.165, 1.54) is 36.4 Å². The van der Waals surface area contributed by atoms with Crippen molar-refractivity contribution in [2.75, 3.05) is 4.31 Å². The Hall–Kier alpha value is -2.90. The number of rotatable bonds is 6. The van der Waals surface area contributed by atoms with Crippen molar-refractivity contribution in [1.82, 2.24) is 0 Å². The molecule has 0 aliphatic rings. The molecule has 0 radical (unpaired) electrons. The van der Waals surface area contributed by atoms with Crippen LogP contribution in [0.15, 0.2) is 83.8 Å². The van der Waals surface area contributed by atoms with Crippen LogP contribution in [0.1, 0.15) is 5.56 Å². The Morgan fingerprint density at radius 1 is 0.926 bits per heavy atom. The van der Waals surface area contributed by atoms with Crippen molar-refractivity contribution in [1.29, 1.82) is 0 Å². The van der Waals surface area contributed by atoms with E-state index in [0.29, 0.717) is 0 Å². The number of sulfonamides is 1. The number of nitrogens with zero attached hydrogens (tertiary/aromatic N) is 2. The van der Waals surface area contributed by atoms with Crippen LogP contribution in [0.2, 0.25) is 5.02 Å². The molecule has 3 aromatic carbocycles. The number of hydrogen-bond acceptors (Lipinski definition) is 4. The molecule has 0 aromatic heterocycles. The highest BCUT2D eigenvalue weighted by molar-refractivity contribution is 7.93. The zero-order valence-electron chi connectivity index (χ0n) is 14.0. The number of benzene rings is 3. The van der Waals surface area contributed by atoms with E-state index in [2.05, 4.69) is 0 Å². The van der Waals surface area contributed by atoms with E-state index in [1.54, 1.807) is 36.4 Å². The molecule has 0 aliphatic heterocycles. The summed E-state index contributed by atoms with van der Waals surface area (Å²) in [6, 6.07) is 20.6. The van der Waals surface area contributed by atoms with Crippen LogP contribution in [-0.4, -0.2) is 13.3 Å². The zero-order chi connectivity index (χ0) is 19.4. The Kier molecular flexibility index (Phi) is 5.43. The van der Waals surface area contributed by atoms with E-state index >= 15 is 0 Å². The summed E-state index contributed by atoms with van der Waals surface area (Å²) < 4.78 is 27.7. The number of non-ortho nitro benzene ring substituents is 1. The molecule has 0 spiro atoms. The van der Waals surface area contributed by atoms with Crippen molar-refractivity contribution in [2.24, 2.45) is 0 Å². The van der Waals surface area contributed by atoms with Gasteiger partial charge in [-0.15, -0.1) is 0 Å². The number of nitro groups is 1. The summed E-state index contributed by atoms with van der Waals surface area (Å²) in [4.78, 5) is 10.5. The molecule has 0 fully saturated rings. The van der Waals surface area contributed by atoms with Crippen molar-refractivity contribution in [3.8, 4) is 0 Å². The molecule has 3 aromatic rings. The second-order valence-corrected chi connectivity index (χ2v) is 7.94. The van der Waals surface area contributed by atoms with E-state index in [9.17, 15) is 18.5 Å². The summed E-state index contributed by atoms with van der Waals surface area (Å²) in [5, 5.41) is 11.2. The molecule has 0 aliphatic carbocycles. The van der Waals surface area contributed by atoms with Gasteiger partial charge in [-0.25, -0.2) is 8.42 Å². The fourth-order valence-electron chi connectivity index (χ4n) is 2.60. The number of hydrogen-bond donors (Lipinski definition) is 0. The van der Waals surface area contributed by atoms with Gasteiger partial charge in [0.2, 0.25) is 0 Å². The first-order chi connectivity index (χ1) is 12.9. The highest BCUT2D eigenvalue weighted by Gasteiger charge is 2.28. The predicted molar refractivity (Wildman–Crippen MR) is 104 cm³/mol. The maximum atomic E-state index is 13.3. The van der Waals surface area contributed by atoms with Crippen molar-refractivity contribution in [3.63, 3.8) is 0 Å². The molecule has 0 saturated heterocycles. The van der Waals surface area contributed by atoms with Gasteiger partial charge >= 0.3 is 0 Å². The molecule has 0 heterocycles. The molecule has 0 unspecified atom stereocenters. The van der Waals surface area contributed by atoms with Crippen LogP contribution in [-0.2, 0) is 16.6 Å². The van der Waals surface area contributed by atoms with E-state index in [4.69, 9.17) is 11.6 Å². The number of anilines is 1. The molecule has 3 rings (SSSR count). The SMILES string of the molecule is O=[N+]([O-])c1cccc(N(Cc2ccccc2)S(=O)(=O)c2ccccc2Cl)c1. The van der Waals surface area contributed by atoms with Gasteiger partial charge in [0.1, 0.15) is 4.90 Å². The topological polar surface area (TPSA) is 80.5 Å². The second-order valence-electron chi connectivity index (χ2n) is 5.70. The first-order valence-corrected chi connectivity index (χ1v) is 9.77. The third-order valence-electron chi connectivity index (χ3n) is 3.90. The molecule has 138 valence electrons. The molecular weight excluding hydrogens is 388 g/mol. The molecule has 27 heavy (non-hydrogen) atoms. The first kappa shape index (κ1) is 18.9. The summed E-state index contributed by atoms with van der Waals surface area (Å²) >= 11 is 6.11. The first-order valence-electron chi connectivity index (χ1n) is 7.95. The molecule has 0 amide bonds. The molecule has 0 N–H and O–H groups in total. The smallest absolute Gasteiger partial charge is 0.262 e. The Labute approximate surface area is 161 Å². The minimum absolute atomic E-state index is 0.00949. The van der Waals surface area contributed by atoms with Crippen LogP contribution in [0, 0.1) is 10.1 Å². The number of nitro benzene ring substituents is 1. The van der Waals surface area contributed by atoms with Gasteiger partial charge in [0.25, 0.3) is 15.7 Å². The van der Waals surface area contributed by atoms with Gasteiger partial charge in [0, 0.05) is 12.1 Å². The van der Waals surface area contributed by atoms with Crippen LogP contribution < -0.4 is 4.31 Å². The lowest BCUT2D eigenvalue weighted by Crippen LogP contribution is -2.30. The normalized spacial score (nSPS) is 11.1. The van der Waals surface area contributed by atoms with E-state index in [0.717, 1.165) is 9.87 Å². The zero-order valence-corrected chi connectivity index (χ0v) is 15.6.